The number of carbonyl (C=O) groups is 1. The van der Waals surface area contributed by atoms with Crippen molar-refractivity contribution in [1.82, 2.24) is 0 Å². The highest BCUT2D eigenvalue weighted by atomic mass is 127. The molecule has 0 aromatic heterocycles. The van der Waals surface area contributed by atoms with Crippen molar-refractivity contribution in [2.45, 2.75) is 6.61 Å². The maximum Gasteiger partial charge on any atom is 0.338 e. The Balaban J connectivity index is 2.50. The second kappa shape index (κ2) is 2.93. The van der Waals surface area contributed by atoms with Crippen LogP contribution in [0.4, 0.5) is 5.69 Å². The Morgan fingerprint density at radius 3 is 3.08 bits per heavy atom. The molecule has 1 N–H and O–H groups in total. The molecular weight excluding hydrogens is 269 g/mol. The maximum atomic E-state index is 11.1. The molecule has 0 unspecified atom stereocenters. The van der Waals surface area contributed by atoms with Gasteiger partial charge in [0, 0.05) is 11.3 Å². The number of ether oxygens (including phenoxy) is 1. The van der Waals surface area contributed by atoms with Gasteiger partial charge in [-0.25, -0.2) is 4.79 Å². The lowest BCUT2D eigenvalue weighted by atomic mass is 10.1. The fourth-order valence-corrected chi connectivity index (χ4v) is 1.51. The minimum Gasteiger partial charge on any atom is -0.457 e. The van der Waals surface area contributed by atoms with Gasteiger partial charge in [-0.2, -0.15) is 0 Å². The molecule has 0 amide bonds. The van der Waals surface area contributed by atoms with Crippen LogP contribution >= 0.6 is 22.9 Å². The molecule has 0 spiro atoms. The number of cyclic esters (lactones) is 1. The topological polar surface area (TPSA) is 38.3 Å². The third-order valence-corrected chi connectivity index (χ3v) is 2.42. The van der Waals surface area contributed by atoms with Crippen LogP contribution in [0.15, 0.2) is 18.2 Å². The quantitative estimate of drug-likeness (QED) is 0.484. The lowest BCUT2D eigenvalue weighted by molar-refractivity contribution is 0.0535. The first kappa shape index (κ1) is 7.85. The minimum atomic E-state index is -0.224. The Kier molecular flexibility index (Phi) is 1.92. The summed E-state index contributed by atoms with van der Waals surface area (Å²) in [4.78, 5) is 11.1. The van der Waals surface area contributed by atoms with Crippen molar-refractivity contribution in [3.8, 4) is 0 Å². The van der Waals surface area contributed by atoms with Crippen molar-refractivity contribution in [2.75, 3.05) is 3.53 Å². The highest BCUT2D eigenvalue weighted by Gasteiger charge is 2.20. The summed E-state index contributed by atoms with van der Waals surface area (Å²) in [6, 6.07) is 5.63. The second-order valence-electron chi connectivity index (χ2n) is 2.54. The van der Waals surface area contributed by atoms with Crippen molar-refractivity contribution in [2.24, 2.45) is 0 Å². The highest BCUT2D eigenvalue weighted by Crippen LogP contribution is 2.23. The third kappa shape index (κ3) is 1.16. The molecule has 0 radical (unpaired) electrons. The van der Waals surface area contributed by atoms with Gasteiger partial charge in [-0.1, -0.05) is 6.07 Å². The summed E-state index contributed by atoms with van der Waals surface area (Å²) in [6.45, 7) is 0.412. The molecule has 1 aromatic rings. The first-order valence-electron chi connectivity index (χ1n) is 3.48. The van der Waals surface area contributed by atoms with Gasteiger partial charge in [0.15, 0.2) is 0 Å². The number of benzene rings is 1. The molecular formula is C8H6INO2. The van der Waals surface area contributed by atoms with Crippen molar-refractivity contribution < 1.29 is 9.53 Å². The van der Waals surface area contributed by atoms with Crippen LogP contribution < -0.4 is 3.53 Å². The van der Waals surface area contributed by atoms with Crippen LogP contribution in [0.5, 0.6) is 0 Å². The summed E-state index contributed by atoms with van der Waals surface area (Å²) < 4.78 is 7.79. The van der Waals surface area contributed by atoms with Gasteiger partial charge in [0.05, 0.1) is 28.4 Å². The van der Waals surface area contributed by atoms with E-state index in [2.05, 4.69) is 3.53 Å². The molecule has 0 atom stereocenters. The highest BCUT2D eigenvalue weighted by molar-refractivity contribution is 14.1. The average molecular weight is 275 g/mol. The van der Waals surface area contributed by atoms with Crippen LogP contribution in [0.1, 0.15) is 15.9 Å². The molecule has 1 aromatic carbocycles. The van der Waals surface area contributed by atoms with E-state index < -0.39 is 0 Å². The van der Waals surface area contributed by atoms with Gasteiger partial charge in [0.2, 0.25) is 0 Å². The zero-order valence-electron chi connectivity index (χ0n) is 6.13. The zero-order valence-corrected chi connectivity index (χ0v) is 8.29. The van der Waals surface area contributed by atoms with Crippen LogP contribution in [-0.4, -0.2) is 5.97 Å². The van der Waals surface area contributed by atoms with Crippen LogP contribution in [0.2, 0.25) is 0 Å². The largest absolute Gasteiger partial charge is 0.457 e. The molecule has 62 valence electrons. The molecule has 0 saturated heterocycles. The minimum absolute atomic E-state index is 0.224. The molecule has 1 aliphatic heterocycles. The number of halogens is 1. The number of fused-ring (bicyclic) bond motifs is 1. The van der Waals surface area contributed by atoms with Gasteiger partial charge in [-0.15, -0.1) is 0 Å². The van der Waals surface area contributed by atoms with Gasteiger partial charge in [0.1, 0.15) is 6.61 Å². The molecule has 12 heavy (non-hydrogen) atoms. The molecule has 0 fully saturated rings. The Labute approximate surface area is 83.6 Å². The monoisotopic (exact) mass is 275 g/mol. The number of esters is 1. The standard InChI is InChI=1S/C8H6INO2/c9-10-6-2-1-5-4-12-8(11)7(5)3-6/h1-3,10H,4H2. The summed E-state index contributed by atoms with van der Waals surface area (Å²) in [7, 11) is 0. The number of hydrogen-bond donors (Lipinski definition) is 1. The van der Waals surface area contributed by atoms with Crippen LogP contribution in [0.25, 0.3) is 0 Å². The normalized spacial score (nSPS) is 13.9. The van der Waals surface area contributed by atoms with Gasteiger partial charge >= 0.3 is 5.97 Å². The molecule has 4 heteroatoms. The summed E-state index contributed by atoms with van der Waals surface area (Å²) in [6.07, 6.45) is 0. The van der Waals surface area contributed by atoms with Crippen LogP contribution in [0, 0.1) is 0 Å². The zero-order chi connectivity index (χ0) is 8.55. The molecule has 1 aliphatic rings. The van der Waals surface area contributed by atoms with Gasteiger partial charge in [-0.3, -0.25) is 0 Å². The van der Waals surface area contributed by atoms with E-state index in [9.17, 15) is 4.79 Å². The van der Waals surface area contributed by atoms with E-state index in [0.29, 0.717) is 12.2 Å². The second-order valence-corrected chi connectivity index (χ2v) is 3.08. The fraction of sp³-hybridized carbons (Fsp3) is 0.125. The Hall–Kier alpha value is -0.780. The van der Waals surface area contributed by atoms with Crippen molar-refractivity contribution in [1.29, 1.82) is 0 Å². The van der Waals surface area contributed by atoms with E-state index in [-0.39, 0.29) is 5.97 Å². The average Bonchev–Trinajstić information content (AvgIpc) is 2.47. The Bertz CT molecular complexity index is 338. The SMILES string of the molecule is O=C1OCc2ccc(NI)cc21. The van der Waals surface area contributed by atoms with Crippen molar-refractivity contribution in [3.63, 3.8) is 0 Å². The van der Waals surface area contributed by atoms with E-state index in [1.54, 1.807) is 6.07 Å². The summed E-state index contributed by atoms with van der Waals surface area (Å²) >= 11 is 2.02. The molecule has 2 rings (SSSR count). The first-order valence-corrected chi connectivity index (χ1v) is 4.56. The Morgan fingerprint density at radius 1 is 1.50 bits per heavy atom. The van der Waals surface area contributed by atoms with Gasteiger partial charge in [-0.05, 0) is 12.1 Å². The lowest BCUT2D eigenvalue weighted by Gasteiger charge is -1.98. The molecule has 0 aliphatic carbocycles. The fourth-order valence-electron chi connectivity index (χ4n) is 1.17. The first-order chi connectivity index (χ1) is 5.81. The van der Waals surface area contributed by atoms with Crippen molar-refractivity contribution >= 4 is 34.5 Å². The van der Waals surface area contributed by atoms with Crippen molar-refractivity contribution in [3.05, 3.63) is 29.3 Å². The summed E-state index contributed by atoms with van der Waals surface area (Å²) in [5.41, 5.74) is 2.57. The molecule has 0 bridgehead atoms. The van der Waals surface area contributed by atoms with E-state index in [1.807, 2.05) is 35.0 Å². The van der Waals surface area contributed by atoms with E-state index in [4.69, 9.17) is 4.74 Å². The smallest absolute Gasteiger partial charge is 0.338 e. The Morgan fingerprint density at radius 2 is 2.33 bits per heavy atom. The van der Waals surface area contributed by atoms with Gasteiger partial charge in [0.25, 0.3) is 0 Å². The molecule has 0 saturated carbocycles. The molecule has 3 nitrogen and oxygen atoms in total. The summed E-state index contributed by atoms with van der Waals surface area (Å²) in [5, 5.41) is 0. The van der Waals surface area contributed by atoms with Crippen LogP contribution in [-0.2, 0) is 11.3 Å². The number of anilines is 1. The van der Waals surface area contributed by atoms with E-state index in [0.717, 1.165) is 11.3 Å². The van der Waals surface area contributed by atoms with Crippen LogP contribution in [0.3, 0.4) is 0 Å². The third-order valence-electron chi connectivity index (χ3n) is 1.80. The number of nitrogens with one attached hydrogen (secondary N) is 1. The molecule has 1 heterocycles. The van der Waals surface area contributed by atoms with Gasteiger partial charge < -0.3 is 8.27 Å². The van der Waals surface area contributed by atoms with E-state index >= 15 is 0 Å². The predicted molar refractivity (Wildman–Crippen MR) is 53.2 cm³/mol. The number of carbonyl (C=O) groups excluding carboxylic acids is 1. The number of hydrogen-bond acceptors (Lipinski definition) is 3. The number of rotatable bonds is 1. The maximum absolute atomic E-state index is 11.1. The van der Waals surface area contributed by atoms with E-state index in [1.165, 1.54) is 0 Å². The summed E-state index contributed by atoms with van der Waals surface area (Å²) in [5.74, 6) is -0.224. The predicted octanol–water partition coefficient (Wildman–Crippen LogP) is 2.12. The lowest BCUT2D eigenvalue weighted by Crippen LogP contribution is -1.93.